The minimum Gasteiger partial charge on any atom is -0.387 e. The van der Waals surface area contributed by atoms with Crippen molar-refractivity contribution in [3.05, 3.63) is 32.6 Å². The molecule has 1 saturated carbocycles. The van der Waals surface area contributed by atoms with E-state index in [1.165, 1.54) is 10.8 Å². The van der Waals surface area contributed by atoms with Crippen molar-refractivity contribution in [2.24, 2.45) is 0 Å². The number of nitrogens with zero attached hydrogens (tertiary/aromatic N) is 1. The van der Waals surface area contributed by atoms with E-state index in [-0.39, 0.29) is 12.8 Å². The van der Waals surface area contributed by atoms with E-state index in [4.69, 9.17) is 9.47 Å². The molecule has 1 aliphatic carbocycles. The minimum absolute atomic E-state index is 0.176. The maximum absolute atomic E-state index is 12.0. The highest BCUT2D eigenvalue weighted by atomic mass is 16.6. The molecule has 0 aromatic carbocycles. The van der Waals surface area contributed by atoms with Crippen LogP contribution < -0.4 is 11.2 Å². The molecular weight excluding hydrogens is 292 g/mol. The van der Waals surface area contributed by atoms with Gasteiger partial charge in [0.1, 0.15) is 23.5 Å². The van der Waals surface area contributed by atoms with E-state index in [9.17, 15) is 19.8 Å². The molecule has 1 aromatic rings. The lowest BCUT2D eigenvalue weighted by atomic mass is 9.82. The number of hydrogen-bond donors (Lipinski definition) is 3. The Hall–Kier alpha value is -1.48. The van der Waals surface area contributed by atoms with Crippen molar-refractivity contribution in [2.45, 2.75) is 55.8 Å². The van der Waals surface area contributed by atoms with E-state index in [1.54, 1.807) is 6.92 Å². The number of H-pyrrole nitrogens is 1. The number of aromatic nitrogens is 2. The van der Waals surface area contributed by atoms with Crippen LogP contribution in [0.15, 0.2) is 15.8 Å². The predicted molar refractivity (Wildman–Crippen MR) is 73.5 cm³/mol. The highest BCUT2D eigenvalue weighted by Gasteiger charge is 2.71. The van der Waals surface area contributed by atoms with Crippen LogP contribution in [0.25, 0.3) is 0 Å². The van der Waals surface area contributed by atoms with E-state index in [2.05, 4.69) is 4.98 Å². The second-order valence-corrected chi connectivity index (χ2v) is 6.48. The van der Waals surface area contributed by atoms with Crippen LogP contribution in [-0.4, -0.2) is 49.8 Å². The fourth-order valence-corrected chi connectivity index (χ4v) is 4.11. The van der Waals surface area contributed by atoms with E-state index in [0.29, 0.717) is 18.6 Å². The fraction of sp³-hybridized carbons (Fsp3) is 0.714. The zero-order chi connectivity index (χ0) is 15.7. The lowest BCUT2D eigenvalue weighted by molar-refractivity contribution is -0.211. The second-order valence-electron chi connectivity index (χ2n) is 6.48. The van der Waals surface area contributed by atoms with Crippen molar-refractivity contribution in [1.29, 1.82) is 0 Å². The Morgan fingerprint density at radius 1 is 1.41 bits per heavy atom. The summed E-state index contributed by atoms with van der Waals surface area (Å²) in [6.07, 6.45) is 0.174. The second kappa shape index (κ2) is 4.29. The van der Waals surface area contributed by atoms with Gasteiger partial charge in [0.05, 0.1) is 12.7 Å². The third kappa shape index (κ3) is 1.60. The van der Waals surface area contributed by atoms with E-state index in [0.717, 1.165) is 0 Å². The summed E-state index contributed by atoms with van der Waals surface area (Å²) in [6, 6.07) is 0. The molecule has 0 radical (unpaired) electrons. The zero-order valence-electron chi connectivity index (χ0n) is 12.1. The molecule has 2 aliphatic heterocycles. The number of aryl methyl sites for hydroxylation is 1. The topological polar surface area (TPSA) is 114 Å². The molecule has 8 heteroatoms. The molecule has 2 saturated heterocycles. The summed E-state index contributed by atoms with van der Waals surface area (Å²) in [4.78, 5) is 25.7. The maximum Gasteiger partial charge on any atom is 0.330 e. The number of aliphatic hydroxyl groups excluding tert-OH is 1. The molecule has 3 N–H and O–H groups in total. The lowest BCUT2D eigenvalue weighted by Crippen LogP contribution is -2.56. The molecule has 5 atom stereocenters. The quantitative estimate of drug-likeness (QED) is 0.599. The number of aromatic amines is 1. The highest BCUT2D eigenvalue weighted by Crippen LogP contribution is 2.57. The molecule has 1 aromatic heterocycles. The van der Waals surface area contributed by atoms with Crippen molar-refractivity contribution in [3.63, 3.8) is 0 Å². The van der Waals surface area contributed by atoms with Gasteiger partial charge in [-0.05, 0) is 6.92 Å². The van der Waals surface area contributed by atoms with Gasteiger partial charge in [-0.15, -0.1) is 0 Å². The van der Waals surface area contributed by atoms with Gasteiger partial charge in [-0.1, -0.05) is 0 Å². The first kappa shape index (κ1) is 14.1. The molecular formula is C14H18N2O6. The van der Waals surface area contributed by atoms with Crippen molar-refractivity contribution in [3.8, 4) is 0 Å². The summed E-state index contributed by atoms with van der Waals surface area (Å²) in [6.45, 7) is 1.99. The van der Waals surface area contributed by atoms with E-state index >= 15 is 0 Å². The van der Waals surface area contributed by atoms with Gasteiger partial charge in [-0.3, -0.25) is 14.3 Å². The van der Waals surface area contributed by atoms with Gasteiger partial charge >= 0.3 is 5.69 Å². The van der Waals surface area contributed by atoms with Gasteiger partial charge < -0.3 is 19.7 Å². The number of hydrogen-bond acceptors (Lipinski definition) is 6. The summed E-state index contributed by atoms with van der Waals surface area (Å²) in [5, 5.41) is 21.4. The average molecular weight is 310 g/mol. The SMILES string of the molecule is Cc1cn([C@@H]2C[C@@]3(O)C[C@@H]4OCC[C@@]3(O2)C4O)c(=O)[nH]c1=O. The van der Waals surface area contributed by atoms with E-state index in [1.807, 2.05) is 0 Å². The van der Waals surface area contributed by atoms with E-state index < -0.39 is 40.9 Å². The highest BCUT2D eigenvalue weighted by molar-refractivity contribution is 5.20. The number of nitrogens with one attached hydrogen (secondary N) is 1. The van der Waals surface area contributed by atoms with Crippen molar-refractivity contribution in [2.75, 3.05) is 6.61 Å². The van der Waals surface area contributed by atoms with Crippen LogP contribution in [0.4, 0.5) is 0 Å². The van der Waals surface area contributed by atoms with Crippen LogP contribution in [0, 0.1) is 6.92 Å². The molecule has 8 nitrogen and oxygen atoms in total. The van der Waals surface area contributed by atoms with Gasteiger partial charge in [0.15, 0.2) is 0 Å². The van der Waals surface area contributed by atoms with Gasteiger partial charge in [0, 0.05) is 31.0 Å². The summed E-state index contributed by atoms with van der Waals surface area (Å²) in [7, 11) is 0. The number of fused-ring (bicyclic) bond motifs is 1. The average Bonchev–Trinajstić information content (AvgIpc) is 2.76. The molecule has 4 rings (SSSR count). The number of aliphatic hydroxyl groups is 2. The van der Waals surface area contributed by atoms with Crippen molar-refractivity contribution < 1.29 is 19.7 Å². The Morgan fingerprint density at radius 3 is 2.95 bits per heavy atom. The van der Waals surface area contributed by atoms with Crippen LogP contribution in [0.2, 0.25) is 0 Å². The number of rotatable bonds is 1. The monoisotopic (exact) mass is 310 g/mol. The first-order valence-electron chi connectivity index (χ1n) is 7.38. The zero-order valence-corrected chi connectivity index (χ0v) is 12.1. The van der Waals surface area contributed by atoms with Gasteiger partial charge in [0.2, 0.25) is 0 Å². The molecule has 120 valence electrons. The lowest BCUT2D eigenvalue weighted by Gasteiger charge is -2.39. The Bertz CT molecular complexity index is 742. The summed E-state index contributed by atoms with van der Waals surface area (Å²) >= 11 is 0. The van der Waals surface area contributed by atoms with Crippen LogP contribution in [0.1, 0.15) is 31.1 Å². The fourth-order valence-electron chi connectivity index (χ4n) is 4.11. The van der Waals surface area contributed by atoms with Crippen LogP contribution >= 0.6 is 0 Å². The van der Waals surface area contributed by atoms with Crippen LogP contribution in [0.5, 0.6) is 0 Å². The molecule has 1 spiro atoms. The molecule has 1 unspecified atom stereocenters. The normalized spacial score (nSPS) is 43.3. The maximum atomic E-state index is 12.0. The third-order valence-electron chi connectivity index (χ3n) is 5.28. The molecule has 3 fully saturated rings. The third-order valence-corrected chi connectivity index (χ3v) is 5.28. The Kier molecular flexibility index (Phi) is 2.75. The van der Waals surface area contributed by atoms with Crippen LogP contribution in [-0.2, 0) is 9.47 Å². The summed E-state index contributed by atoms with van der Waals surface area (Å²) < 4.78 is 12.7. The standard InChI is InChI=1S/C14H18N2O6/c1-7-6-16(12(19)15-11(7)18)9-5-13(20)4-8-10(17)14(13,22-9)2-3-21-8/h6,8-10,17,20H,2-5H2,1H3,(H,15,18,19)/t8-,9-,10?,13-,14+/m0/s1. The van der Waals surface area contributed by atoms with Gasteiger partial charge in [0.25, 0.3) is 5.56 Å². The molecule has 0 amide bonds. The van der Waals surface area contributed by atoms with Gasteiger partial charge in [-0.2, -0.15) is 0 Å². The smallest absolute Gasteiger partial charge is 0.330 e. The molecule has 22 heavy (non-hydrogen) atoms. The Balaban J connectivity index is 1.76. The predicted octanol–water partition coefficient (Wildman–Crippen LogP) is -1.21. The van der Waals surface area contributed by atoms with Crippen molar-refractivity contribution >= 4 is 0 Å². The largest absolute Gasteiger partial charge is 0.387 e. The Morgan fingerprint density at radius 2 is 2.18 bits per heavy atom. The summed E-state index contributed by atoms with van der Waals surface area (Å²) in [5.74, 6) is 0. The van der Waals surface area contributed by atoms with Crippen molar-refractivity contribution in [1.82, 2.24) is 9.55 Å². The first-order chi connectivity index (χ1) is 10.4. The number of ether oxygens (including phenoxy) is 2. The molecule has 3 heterocycles. The summed E-state index contributed by atoms with van der Waals surface area (Å²) in [5.41, 5.74) is -2.98. The first-order valence-corrected chi connectivity index (χ1v) is 7.38. The Labute approximate surface area is 125 Å². The molecule has 3 aliphatic rings. The minimum atomic E-state index is -1.23. The van der Waals surface area contributed by atoms with Gasteiger partial charge in [-0.25, -0.2) is 4.79 Å². The molecule has 2 bridgehead atoms. The van der Waals surface area contributed by atoms with Crippen LogP contribution in [0.3, 0.4) is 0 Å².